The maximum Gasteiger partial charge on any atom is 0.280 e. The van der Waals surface area contributed by atoms with E-state index in [1.54, 1.807) is 41.1 Å². The van der Waals surface area contributed by atoms with Crippen molar-refractivity contribution in [3.8, 4) is 11.8 Å². The molecule has 0 fully saturated rings. The van der Waals surface area contributed by atoms with Crippen molar-refractivity contribution < 1.29 is 14.5 Å². The molecule has 1 heterocycles. The third-order valence-electron chi connectivity index (χ3n) is 4.59. The molecule has 8 nitrogen and oxygen atoms in total. The SMILES string of the molecule is Cc1ccc(C)n1NC(=O)/C(C#N)=C\c1ccc(OCc2ccc([N+](=O)[O-])cc2)cc1. The molecule has 2 aromatic carbocycles. The van der Waals surface area contributed by atoms with Gasteiger partial charge in [-0.3, -0.25) is 25.0 Å². The van der Waals surface area contributed by atoms with Gasteiger partial charge in [0.1, 0.15) is 24.0 Å². The summed E-state index contributed by atoms with van der Waals surface area (Å²) < 4.78 is 7.31. The lowest BCUT2D eigenvalue weighted by Gasteiger charge is -2.10. The van der Waals surface area contributed by atoms with Crippen molar-refractivity contribution in [3.63, 3.8) is 0 Å². The highest BCUT2D eigenvalue weighted by molar-refractivity contribution is 6.06. The summed E-state index contributed by atoms with van der Waals surface area (Å²) in [6.07, 6.45) is 1.50. The highest BCUT2D eigenvalue weighted by Gasteiger charge is 2.12. The molecule has 1 amide bonds. The summed E-state index contributed by atoms with van der Waals surface area (Å²) in [6.45, 7) is 3.98. The molecular formula is C23H20N4O4. The van der Waals surface area contributed by atoms with Crippen LogP contribution in [0.3, 0.4) is 0 Å². The van der Waals surface area contributed by atoms with E-state index in [-0.39, 0.29) is 17.9 Å². The average Bonchev–Trinajstić information content (AvgIpc) is 3.09. The van der Waals surface area contributed by atoms with Gasteiger partial charge in [0, 0.05) is 23.5 Å². The second-order valence-electron chi connectivity index (χ2n) is 6.84. The molecule has 8 heteroatoms. The van der Waals surface area contributed by atoms with Crippen molar-refractivity contribution in [3.05, 3.63) is 98.9 Å². The van der Waals surface area contributed by atoms with Gasteiger partial charge in [0.25, 0.3) is 11.6 Å². The van der Waals surface area contributed by atoms with Gasteiger partial charge < -0.3 is 4.74 Å². The van der Waals surface area contributed by atoms with Gasteiger partial charge in [0.2, 0.25) is 0 Å². The first-order chi connectivity index (χ1) is 14.9. The van der Waals surface area contributed by atoms with E-state index in [9.17, 15) is 20.2 Å². The minimum Gasteiger partial charge on any atom is -0.489 e. The average molecular weight is 416 g/mol. The topological polar surface area (TPSA) is 110 Å². The Morgan fingerprint density at radius 3 is 2.26 bits per heavy atom. The van der Waals surface area contributed by atoms with Crippen LogP contribution in [0.4, 0.5) is 5.69 Å². The number of nitrogens with one attached hydrogen (secondary N) is 1. The molecule has 0 aliphatic rings. The molecule has 0 atom stereocenters. The molecule has 156 valence electrons. The molecule has 3 rings (SSSR count). The molecule has 31 heavy (non-hydrogen) atoms. The van der Waals surface area contributed by atoms with Crippen LogP contribution in [0.25, 0.3) is 6.08 Å². The number of hydrogen-bond acceptors (Lipinski definition) is 5. The number of nitro benzene ring substituents is 1. The monoisotopic (exact) mass is 416 g/mol. The van der Waals surface area contributed by atoms with Crippen LogP contribution in [0.15, 0.2) is 66.2 Å². The summed E-state index contributed by atoms with van der Waals surface area (Å²) in [5.41, 5.74) is 5.91. The molecule has 1 aromatic heterocycles. The van der Waals surface area contributed by atoms with Crippen molar-refractivity contribution in [1.29, 1.82) is 5.26 Å². The number of nitro groups is 1. The van der Waals surface area contributed by atoms with Crippen LogP contribution in [-0.2, 0) is 11.4 Å². The van der Waals surface area contributed by atoms with Crippen LogP contribution in [0.2, 0.25) is 0 Å². The maximum absolute atomic E-state index is 12.5. The molecular weight excluding hydrogens is 396 g/mol. The predicted molar refractivity (Wildman–Crippen MR) is 116 cm³/mol. The molecule has 1 N–H and O–H groups in total. The van der Waals surface area contributed by atoms with Gasteiger partial charge in [-0.2, -0.15) is 5.26 Å². The number of nitriles is 1. The molecule has 0 aliphatic carbocycles. The summed E-state index contributed by atoms with van der Waals surface area (Å²) in [4.78, 5) is 22.7. The van der Waals surface area contributed by atoms with Crippen molar-refractivity contribution in [2.75, 3.05) is 5.43 Å². The van der Waals surface area contributed by atoms with Gasteiger partial charge >= 0.3 is 0 Å². The first-order valence-electron chi connectivity index (χ1n) is 9.41. The van der Waals surface area contributed by atoms with E-state index >= 15 is 0 Å². The van der Waals surface area contributed by atoms with Gasteiger partial charge in [-0.1, -0.05) is 12.1 Å². The molecule has 3 aromatic rings. The van der Waals surface area contributed by atoms with E-state index in [1.807, 2.05) is 32.0 Å². The molecule has 0 bridgehead atoms. The minimum absolute atomic E-state index is 0.0213. The Kier molecular flexibility index (Phi) is 6.48. The summed E-state index contributed by atoms with van der Waals surface area (Å²) in [6, 6.07) is 18.7. The number of benzene rings is 2. The first-order valence-corrected chi connectivity index (χ1v) is 9.41. The van der Waals surface area contributed by atoms with Crippen molar-refractivity contribution in [1.82, 2.24) is 4.68 Å². The van der Waals surface area contributed by atoms with Crippen molar-refractivity contribution in [2.24, 2.45) is 0 Å². The third-order valence-corrected chi connectivity index (χ3v) is 4.59. The van der Waals surface area contributed by atoms with Crippen LogP contribution in [0.1, 0.15) is 22.5 Å². The summed E-state index contributed by atoms with van der Waals surface area (Å²) in [7, 11) is 0. The zero-order valence-electron chi connectivity index (χ0n) is 17.0. The predicted octanol–water partition coefficient (Wildman–Crippen LogP) is 4.27. The second kappa shape index (κ2) is 9.41. The zero-order chi connectivity index (χ0) is 22.4. The smallest absolute Gasteiger partial charge is 0.280 e. The molecule has 0 saturated heterocycles. The normalized spacial score (nSPS) is 10.9. The Labute approximate surface area is 179 Å². The molecule has 0 radical (unpaired) electrons. The Balaban J connectivity index is 1.64. The van der Waals surface area contributed by atoms with Gasteiger partial charge in [0.05, 0.1) is 4.92 Å². The number of hydrogen-bond donors (Lipinski definition) is 1. The standard InChI is InChI=1S/C23H20N4O4/c1-16-3-4-17(2)26(16)25-23(28)20(14-24)13-18-7-11-22(12-8-18)31-15-19-5-9-21(10-6-19)27(29)30/h3-13H,15H2,1-2H3,(H,25,28)/b20-13-. The quantitative estimate of drug-likeness (QED) is 0.268. The highest BCUT2D eigenvalue weighted by Crippen LogP contribution is 2.18. The van der Waals surface area contributed by atoms with Crippen LogP contribution in [0.5, 0.6) is 5.75 Å². The van der Waals surface area contributed by atoms with Gasteiger partial charge in [0.15, 0.2) is 0 Å². The fourth-order valence-electron chi connectivity index (χ4n) is 2.86. The Hall–Kier alpha value is -4.38. The Bertz CT molecular complexity index is 1150. The van der Waals surface area contributed by atoms with E-state index in [4.69, 9.17) is 4.74 Å². The van der Waals surface area contributed by atoms with Gasteiger partial charge in [-0.05, 0) is 67.4 Å². The minimum atomic E-state index is -0.497. The first kappa shape index (κ1) is 21.3. The number of ether oxygens (including phenoxy) is 1. The lowest BCUT2D eigenvalue weighted by molar-refractivity contribution is -0.384. The van der Waals surface area contributed by atoms with E-state index in [2.05, 4.69) is 5.43 Å². The lowest BCUT2D eigenvalue weighted by atomic mass is 10.1. The van der Waals surface area contributed by atoms with E-state index in [0.29, 0.717) is 11.3 Å². The Morgan fingerprint density at radius 1 is 1.10 bits per heavy atom. The van der Waals surface area contributed by atoms with Crippen LogP contribution in [-0.4, -0.2) is 15.5 Å². The van der Waals surface area contributed by atoms with E-state index in [1.165, 1.54) is 18.2 Å². The Morgan fingerprint density at radius 2 is 1.71 bits per heavy atom. The molecule has 0 saturated carbocycles. The lowest BCUT2D eigenvalue weighted by Crippen LogP contribution is -2.25. The van der Waals surface area contributed by atoms with Crippen LogP contribution >= 0.6 is 0 Å². The maximum atomic E-state index is 12.5. The summed E-state index contributed by atoms with van der Waals surface area (Å²) in [5, 5.41) is 20.1. The number of aryl methyl sites for hydroxylation is 2. The third kappa shape index (κ3) is 5.36. The molecule has 0 aliphatic heterocycles. The summed E-state index contributed by atoms with van der Waals surface area (Å²) >= 11 is 0. The van der Waals surface area contributed by atoms with Crippen molar-refractivity contribution in [2.45, 2.75) is 20.5 Å². The number of rotatable bonds is 7. The number of amides is 1. The zero-order valence-corrected chi connectivity index (χ0v) is 17.0. The van der Waals surface area contributed by atoms with Crippen LogP contribution < -0.4 is 10.2 Å². The number of carbonyl (C=O) groups is 1. The van der Waals surface area contributed by atoms with Gasteiger partial charge in [-0.25, -0.2) is 0 Å². The van der Waals surface area contributed by atoms with Gasteiger partial charge in [-0.15, -0.1) is 0 Å². The highest BCUT2D eigenvalue weighted by atomic mass is 16.6. The fourth-order valence-corrected chi connectivity index (χ4v) is 2.86. The van der Waals surface area contributed by atoms with E-state index in [0.717, 1.165) is 17.0 Å². The number of nitrogens with zero attached hydrogens (tertiary/aromatic N) is 3. The summed E-state index contributed by atoms with van der Waals surface area (Å²) in [5.74, 6) is 0.0976. The number of carbonyl (C=O) groups excluding carboxylic acids is 1. The van der Waals surface area contributed by atoms with Crippen LogP contribution in [0, 0.1) is 35.3 Å². The fraction of sp³-hybridized carbons (Fsp3) is 0.130. The number of aromatic nitrogens is 1. The van der Waals surface area contributed by atoms with Crippen molar-refractivity contribution >= 4 is 17.7 Å². The van der Waals surface area contributed by atoms with E-state index < -0.39 is 10.8 Å². The number of non-ortho nitro benzene ring substituents is 1. The molecule has 0 unspecified atom stereocenters. The second-order valence-corrected chi connectivity index (χ2v) is 6.84. The largest absolute Gasteiger partial charge is 0.489 e. The molecule has 0 spiro atoms.